The molecule has 0 spiro atoms. The second-order valence-corrected chi connectivity index (χ2v) is 5.67. The molecule has 3 N–H and O–H groups in total. The van der Waals surface area contributed by atoms with Crippen LogP contribution >= 0.6 is 0 Å². The fraction of sp³-hybridized carbons (Fsp3) is 0.688. The number of nitrogens with zero attached hydrogens (tertiary/aromatic N) is 2. The molecule has 0 aromatic carbocycles. The molecule has 0 saturated carbocycles. The van der Waals surface area contributed by atoms with Gasteiger partial charge in [-0.2, -0.15) is 0 Å². The van der Waals surface area contributed by atoms with Gasteiger partial charge in [0, 0.05) is 25.3 Å². The Labute approximate surface area is 143 Å². The maximum Gasteiger partial charge on any atom is 0.330 e. The van der Waals surface area contributed by atoms with Gasteiger partial charge >= 0.3 is 6.03 Å². The SMILES string of the molecule is C=C(NNCCN(CC)CC)[C@H]1C(=O)NC(=O)N(CCCC)C1=O. The normalized spacial score (nSPS) is 18.1. The molecule has 0 radical (unpaired) electrons. The van der Waals surface area contributed by atoms with E-state index in [2.05, 4.69) is 41.5 Å². The number of barbiturate groups is 1. The van der Waals surface area contributed by atoms with Crippen molar-refractivity contribution in [3.8, 4) is 0 Å². The third-order valence-corrected chi connectivity index (χ3v) is 4.03. The van der Waals surface area contributed by atoms with Gasteiger partial charge in [-0.15, -0.1) is 0 Å². The Morgan fingerprint density at radius 2 is 1.92 bits per heavy atom. The Bertz CT molecular complexity index is 476. The lowest BCUT2D eigenvalue weighted by Gasteiger charge is -2.31. The van der Waals surface area contributed by atoms with E-state index in [1.54, 1.807) is 0 Å². The molecule has 0 unspecified atom stereocenters. The first-order valence-corrected chi connectivity index (χ1v) is 8.52. The van der Waals surface area contributed by atoms with Crippen molar-refractivity contribution < 1.29 is 14.4 Å². The quantitative estimate of drug-likeness (QED) is 0.287. The summed E-state index contributed by atoms with van der Waals surface area (Å²) in [6.45, 7) is 13.6. The summed E-state index contributed by atoms with van der Waals surface area (Å²) in [6.07, 6.45) is 1.55. The summed E-state index contributed by atoms with van der Waals surface area (Å²) in [5.74, 6) is -2.26. The predicted octanol–water partition coefficient (Wildman–Crippen LogP) is 0.431. The molecule has 1 rings (SSSR count). The summed E-state index contributed by atoms with van der Waals surface area (Å²) in [6, 6.07) is -0.656. The zero-order valence-electron chi connectivity index (χ0n) is 14.9. The number of nitrogens with one attached hydrogen (secondary N) is 3. The summed E-state index contributed by atoms with van der Waals surface area (Å²) in [5.41, 5.74) is 6.02. The number of hydrazine groups is 1. The summed E-state index contributed by atoms with van der Waals surface area (Å²) in [7, 11) is 0. The van der Waals surface area contributed by atoms with E-state index in [0.717, 1.165) is 31.0 Å². The lowest BCUT2D eigenvalue weighted by atomic mass is 10.0. The van der Waals surface area contributed by atoms with E-state index in [1.807, 2.05) is 6.92 Å². The van der Waals surface area contributed by atoms with Gasteiger partial charge in [0.25, 0.3) is 0 Å². The minimum absolute atomic E-state index is 0.242. The van der Waals surface area contributed by atoms with Crippen LogP contribution in [0.4, 0.5) is 4.79 Å². The van der Waals surface area contributed by atoms with Crippen molar-refractivity contribution >= 4 is 17.8 Å². The smallest absolute Gasteiger partial charge is 0.325 e. The van der Waals surface area contributed by atoms with Crippen LogP contribution in [0.3, 0.4) is 0 Å². The first-order chi connectivity index (χ1) is 11.5. The molecule has 24 heavy (non-hydrogen) atoms. The van der Waals surface area contributed by atoms with Crippen LogP contribution in [-0.2, 0) is 9.59 Å². The molecule has 1 aliphatic heterocycles. The average molecular weight is 339 g/mol. The monoisotopic (exact) mass is 339 g/mol. The number of likely N-dealkylation sites (N-methyl/N-ethyl adjacent to an activating group) is 1. The molecule has 8 heteroatoms. The Kier molecular flexibility index (Phi) is 8.42. The highest BCUT2D eigenvalue weighted by atomic mass is 16.2. The second-order valence-electron chi connectivity index (χ2n) is 5.67. The van der Waals surface area contributed by atoms with Crippen LogP contribution in [0.15, 0.2) is 12.3 Å². The van der Waals surface area contributed by atoms with Crippen LogP contribution in [0.1, 0.15) is 33.6 Å². The highest BCUT2D eigenvalue weighted by Gasteiger charge is 2.41. The lowest BCUT2D eigenvalue weighted by molar-refractivity contribution is -0.141. The van der Waals surface area contributed by atoms with Crippen molar-refractivity contribution in [1.82, 2.24) is 26.0 Å². The van der Waals surface area contributed by atoms with Gasteiger partial charge in [0.1, 0.15) is 0 Å². The Morgan fingerprint density at radius 1 is 1.25 bits per heavy atom. The van der Waals surface area contributed by atoms with Crippen LogP contribution < -0.4 is 16.2 Å². The number of imide groups is 2. The first kappa shape index (κ1) is 20.1. The van der Waals surface area contributed by atoms with Crippen molar-refractivity contribution in [2.75, 3.05) is 32.7 Å². The van der Waals surface area contributed by atoms with E-state index in [4.69, 9.17) is 0 Å². The molecule has 0 aromatic rings. The number of amides is 4. The van der Waals surface area contributed by atoms with Gasteiger partial charge in [0.05, 0.1) is 0 Å². The third-order valence-electron chi connectivity index (χ3n) is 4.03. The molecular weight excluding hydrogens is 310 g/mol. The van der Waals surface area contributed by atoms with Crippen molar-refractivity contribution in [3.63, 3.8) is 0 Å². The Morgan fingerprint density at radius 3 is 2.50 bits per heavy atom. The summed E-state index contributed by atoms with van der Waals surface area (Å²) < 4.78 is 0. The van der Waals surface area contributed by atoms with Gasteiger partial charge in [0.2, 0.25) is 11.8 Å². The fourth-order valence-corrected chi connectivity index (χ4v) is 2.45. The van der Waals surface area contributed by atoms with Crippen LogP contribution in [0.2, 0.25) is 0 Å². The number of urea groups is 1. The first-order valence-electron chi connectivity index (χ1n) is 8.52. The van der Waals surface area contributed by atoms with Gasteiger partial charge in [-0.25, -0.2) is 10.2 Å². The topological polar surface area (TPSA) is 93.8 Å². The largest absolute Gasteiger partial charge is 0.330 e. The number of carbonyl (C=O) groups excluding carboxylic acids is 3. The average Bonchev–Trinajstić information content (AvgIpc) is 2.54. The molecule has 1 heterocycles. The molecule has 0 aliphatic carbocycles. The maximum atomic E-state index is 12.4. The molecule has 1 atom stereocenters. The lowest BCUT2D eigenvalue weighted by Crippen LogP contribution is -2.59. The number of carbonyl (C=O) groups is 3. The van der Waals surface area contributed by atoms with Gasteiger partial charge < -0.3 is 10.3 Å². The zero-order valence-corrected chi connectivity index (χ0v) is 14.9. The minimum atomic E-state index is -1.10. The zero-order chi connectivity index (χ0) is 18.1. The second kappa shape index (κ2) is 10.0. The van der Waals surface area contributed by atoms with Crippen molar-refractivity contribution in [2.24, 2.45) is 5.92 Å². The molecule has 136 valence electrons. The minimum Gasteiger partial charge on any atom is -0.325 e. The molecular formula is C16H29N5O3. The van der Waals surface area contributed by atoms with Crippen LogP contribution in [-0.4, -0.2) is 60.4 Å². The van der Waals surface area contributed by atoms with Gasteiger partial charge in [0.15, 0.2) is 5.92 Å². The molecule has 0 bridgehead atoms. The van der Waals surface area contributed by atoms with Crippen molar-refractivity contribution in [2.45, 2.75) is 33.6 Å². The summed E-state index contributed by atoms with van der Waals surface area (Å²) in [5, 5.41) is 2.22. The fourth-order valence-electron chi connectivity index (χ4n) is 2.45. The van der Waals surface area contributed by atoms with Gasteiger partial charge in [-0.1, -0.05) is 33.8 Å². The predicted molar refractivity (Wildman–Crippen MR) is 91.7 cm³/mol. The van der Waals surface area contributed by atoms with Gasteiger partial charge in [-0.3, -0.25) is 19.8 Å². The Balaban J connectivity index is 2.56. The van der Waals surface area contributed by atoms with E-state index in [9.17, 15) is 14.4 Å². The number of unbranched alkanes of at least 4 members (excludes halogenated alkanes) is 1. The summed E-state index contributed by atoms with van der Waals surface area (Å²) in [4.78, 5) is 39.5. The van der Waals surface area contributed by atoms with Crippen LogP contribution in [0, 0.1) is 5.92 Å². The highest BCUT2D eigenvalue weighted by Crippen LogP contribution is 2.16. The number of hydrogen-bond acceptors (Lipinski definition) is 6. The number of hydrogen-bond donors (Lipinski definition) is 3. The number of rotatable bonds is 11. The standard InChI is InChI=1S/C16H29N5O3/c1-5-8-10-21-15(23)13(14(22)18-16(21)24)12(4)19-17-9-11-20(6-2)7-3/h13,17,19H,4-11H2,1-3H3,(H,18,22,24)/t13-/m0/s1. The molecule has 1 saturated heterocycles. The molecule has 1 aliphatic rings. The van der Waals surface area contributed by atoms with Crippen LogP contribution in [0.25, 0.3) is 0 Å². The van der Waals surface area contributed by atoms with Crippen LogP contribution in [0.5, 0.6) is 0 Å². The molecule has 8 nitrogen and oxygen atoms in total. The molecule has 1 fully saturated rings. The molecule has 0 aromatic heterocycles. The Hall–Kier alpha value is -1.93. The van der Waals surface area contributed by atoms with E-state index in [0.29, 0.717) is 19.5 Å². The third kappa shape index (κ3) is 5.31. The van der Waals surface area contributed by atoms with E-state index < -0.39 is 23.8 Å². The van der Waals surface area contributed by atoms with Gasteiger partial charge in [-0.05, 0) is 19.5 Å². The maximum absolute atomic E-state index is 12.4. The van der Waals surface area contributed by atoms with E-state index in [-0.39, 0.29) is 5.70 Å². The molecule has 4 amide bonds. The van der Waals surface area contributed by atoms with Crippen molar-refractivity contribution in [1.29, 1.82) is 0 Å². The van der Waals surface area contributed by atoms with E-state index >= 15 is 0 Å². The van der Waals surface area contributed by atoms with E-state index in [1.165, 1.54) is 0 Å². The van der Waals surface area contributed by atoms with Crippen molar-refractivity contribution in [3.05, 3.63) is 12.3 Å². The highest BCUT2D eigenvalue weighted by molar-refractivity contribution is 6.17. The summed E-state index contributed by atoms with van der Waals surface area (Å²) >= 11 is 0.